The van der Waals surface area contributed by atoms with Gasteiger partial charge >= 0.3 is 6.16 Å². The van der Waals surface area contributed by atoms with Gasteiger partial charge in [-0.1, -0.05) is 33.1 Å². The number of carbonyl (C=O) groups is 2. The molecular formula is C20H27N3O6S. The van der Waals surface area contributed by atoms with Gasteiger partial charge < -0.3 is 20.6 Å². The number of amides is 1. The molecule has 1 amide bonds. The number of hydrogen-bond donors (Lipinski definition) is 4. The van der Waals surface area contributed by atoms with E-state index in [2.05, 4.69) is 24.1 Å². The van der Waals surface area contributed by atoms with Crippen LogP contribution in [0.25, 0.3) is 4.96 Å². The molecule has 0 saturated heterocycles. The van der Waals surface area contributed by atoms with E-state index in [0.717, 1.165) is 55.5 Å². The van der Waals surface area contributed by atoms with Crippen molar-refractivity contribution in [1.29, 1.82) is 0 Å². The zero-order chi connectivity index (χ0) is 22.1. The van der Waals surface area contributed by atoms with Gasteiger partial charge in [-0.2, -0.15) is 4.98 Å². The molecule has 0 aliphatic heterocycles. The van der Waals surface area contributed by atoms with Crippen LogP contribution in [0.3, 0.4) is 0 Å². The first-order valence-electron chi connectivity index (χ1n) is 10.1. The molecule has 4 rings (SSSR count). The minimum absolute atomic E-state index is 0.0768. The third-order valence-corrected chi connectivity index (χ3v) is 6.77. The average Bonchev–Trinajstić information content (AvgIpc) is 2.97. The monoisotopic (exact) mass is 437 g/mol. The summed E-state index contributed by atoms with van der Waals surface area (Å²) in [6.07, 6.45) is 6.04. The van der Waals surface area contributed by atoms with Crippen LogP contribution in [-0.2, 0) is 12.8 Å². The van der Waals surface area contributed by atoms with Crippen molar-refractivity contribution in [2.45, 2.75) is 71.3 Å². The average molecular weight is 438 g/mol. The van der Waals surface area contributed by atoms with E-state index >= 15 is 0 Å². The molecule has 0 radical (unpaired) electrons. The molecule has 0 bridgehead atoms. The third kappa shape index (κ3) is 4.75. The number of aromatic nitrogens is 2. The Bertz CT molecular complexity index is 1020. The van der Waals surface area contributed by atoms with Crippen LogP contribution < -0.4 is 10.9 Å². The van der Waals surface area contributed by atoms with Crippen LogP contribution in [0.1, 0.15) is 73.3 Å². The summed E-state index contributed by atoms with van der Waals surface area (Å²) in [4.78, 5) is 40.1. The summed E-state index contributed by atoms with van der Waals surface area (Å²) in [5.41, 5.74) is 0.478. The molecule has 0 atom stereocenters. The highest BCUT2D eigenvalue weighted by molar-refractivity contribution is 7.17. The molecule has 2 aliphatic rings. The van der Waals surface area contributed by atoms with Crippen molar-refractivity contribution in [3.05, 3.63) is 26.5 Å². The Labute approximate surface area is 177 Å². The van der Waals surface area contributed by atoms with Crippen molar-refractivity contribution in [3.63, 3.8) is 0 Å². The van der Waals surface area contributed by atoms with Crippen molar-refractivity contribution in [1.82, 2.24) is 14.7 Å². The number of carbonyl (C=O) groups excluding carboxylic acids is 1. The van der Waals surface area contributed by atoms with Crippen LogP contribution >= 0.6 is 11.3 Å². The molecule has 1 saturated carbocycles. The lowest BCUT2D eigenvalue weighted by Gasteiger charge is -2.28. The van der Waals surface area contributed by atoms with E-state index in [1.54, 1.807) is 4.40 Å². The molecule has 1 fully saturated rings. The fourth-order valence-electron chi connectivity index (χ4n) is 4.16. The number of nitrogens with zero attached hydrogens (tertiary/aromatic N) is 2. The Morgan fingerprint density at radius 1 is 1.20 bits per heavy atom. The van der Waals surface area contributed by atoms with Gasteiger partial charge in [0.1, 0.15) is 0 Å². The number of nitrogens with one attached hydrogen (secondary N) is 1. The highest BCUT2D eigenvalue weighted by Crippen LogP contribution is 2.38. The fraction of sp³-hybridized carbons (Fsp3) is 0.600. The van der Waals surface area contributed by atoms with Crippen LogP contribution in [0.15, 0.2) is 4.79 Å². The van der Waals surface area contributed by atoms with Crippen molar-refractivity contribution in [3.8, 4) is 5.88 Å². The highest BCUT2D eigenvalue weighted by atomic mass is 32.1. The van der Waals surface area contributed by atoms with E-state index in [-0.39, 0.29) is 17.0 Å². The molecule has 2 heterocycles. The first kappa shape index (κ1) is 22.1. The molecule has 164 valence electrons. The zero-order valence-electron chi connectivity index (χ0n) is 17.1. The summed E-state index contributed by atoms with van der Waals surface area (Å²) in [7, 11) is 0. The molecule has 9 nitrogen and oxygen atoms in total. The number of fused-ring (bicyclic) bond motifs is 3. The molecule has 2 aromatic heterocycles. The molecule has 4 N–H and O–H groups in total. The van der Waals surface area contributed by atoms with Gasteiger partial charge in [0.15, 0.2) is 10.5 Å². The molecule has 10 heteroatoms. The van der Waals surface area contributed by atoms with Gasteiger partial charge in [0.05, 0.1) is 0 Å². The predicted molar refractivity (Wildman–Crippen MR) is 112 cm³/mol. The summed E-state index contributed by atoms with van der Waals surface area (Å²) >= 11 is 1.45. The lowest BCUT2D eigenvalue weighted by molar-refractivity contribution is 0.0922. The maximum Gasteiger partial charge on any atom is 0.503 e. The first-order valence-corrected chi connectivity index (χ1v) is 10.9. The normalized spacial score (nSPS) is 18.2. The maximum atomic E-state index is 13.0. The SMILES string of the molecule is CC1(C)CCc2c(sc3nc(O)c(C(=O)NC4CCCCC4)c(=O)n23)C1.O=C(O)O. The minimum Gasteiger partial charge on any atom is -0.492 e. The largest absolute Gasteiger partial charge is 0.503 e. The Morgan fingerprint density at radius 2 is 1.83 bits per heavy atom. The lowest BCUT2D eigenvalue weighted by atomic mass is 9.79. The standard InChI is InChI=1S/C19H25N3O3S.CH2O3/c1-19(2)9-8-12-13(10-19)26-18-21-16(24)14(17(25)22(12)18)15(23)20-11-6-4-3-5-7-11;2-1(3)4/h11,24H,3-10H2,1-2H3,(H,20,23);(H2,2,3,4). The summed E-state index contributed by atoms with van der Waals surface area (Å²) in [5, 5.41) is 27.1. The van der Waals surface area contributed by atoms with Crippen molar-refractivity contribution in [2.24, 2.45) is 5.41 Å². The summed E-state index contributed by atoms with van der Waals surface area (Å²) < 4.78 is 1.55. The van der Waals surface area contributed by atoms with Gasteiger partial charge in [-0.05, 0) is 37.5 Å². The minimum atomic E-state index is -1.83. The van der Waals surface area contributed by atoms with Gasteiger partial charge in [-0.15, -0.1) is 11.3 Å². The smallest absolute Gasteiger partial charge is 0.492 e. The van der Waals surface area contributed by atoms with E-state index in [1.807, 2.05) is 0 Å². The predicted octanol–water partition coefficient (Wildman–Crippen LogP) is 3.26. The molecule has 0 unspecified atom stereocenters. The summed E-state index contributed by atoms with van der Waals surface area (Å²) in [6.45, 7) is 4.44. The maximum absolute atomic E-state index is 13.0. The van der Waals surface area contributed by atoms with Crippen molar-refractivity contribution < 1.29 is 24.9 Å². The van der Waals surface area contributed by atoms with Crippen LogP contribution in [0, 0.1) is 5.41 Å². The molecule has 30 heavy (non-hydrogen) atoms. The van der Waals surface area contributed by atoms with E-state index in [0.29, 0.717) is 4.96 Å². The number of thiazole rings is 1. The van der Waals surface area contributed by atoms with Crippen LogP contribution in [0.2, 0.25) is 0 Å². The van der Waals surface area contributed by atoms with Gasteiger partial charge in [-0.3, -0.25) is 14.0 Å². The Balaban J connectivity index is 0.000000589. The van der Waals surface area contributed by atoms with Crippen molar-refractivity contribution >= 4 is 28.4 Å². The Hall–Kier alpha value is -2.62. The van der Waals surface area contributed by atoms with Crippen LogP contribution in [0.5, 0.6) is 5.88 Å². The molecule has 0 spiro atoms. The second-order valence-electron chi connectivity index (χ2n) is 8.64. The lowest BCUT2D eigenvalue weighted by Crippen LogP contribution is -2.39. The van der Waals surface area contributed by atoms with E-state index < -0.39 is 23.5 Å². The quantitative estimate of drug-likeness (QED) is 0.565. The van der Waals surface area contributed by atoms with E-state index in [9.17, 15) is 14.7 Å². The van der Waals surface area contributed by atoms with Gasteiger partial charge in [-0.25, -0.2) is 4.79 Å². The summed E-state index contributed by atoms with van der Waals surface area (Å²) in [6, 6.07) is 0.0768. The number of aromatic hydroxyl groups is 1. The van der Waals surface area contributed by atoms with Gasteiger partial charge in [0.25, 0.3) is 11.5 Å². The number of aryl methyl sites for hydroxylation is 1. The van der Waals surface area contributed by atoms with E-state index in [1.165, 1.54) is 17.8 Å². The van der Waals surface area contributed by atoms with Crippen LogP contribution in [-0.4, -0.2) is 42.8 Å². The van der Waals surface area contributed by atoms with Crippen molar-refractivity contribution in [2.75, 3.05) is 0 Å². The Morgan fingerprint density at radius 3 is 2.47 bits per heavy atom. The van der Waals surface area contributed by atoms with Crippen LogP contribution in [0.4, 0.5) is 4.79 Å². The second kappa shape index (κ2) is 8.63. The topological polar surface area (TPSA) is 141 Å². The number of rotatable bonds is 2. The number of carboxylic acid groups (broad SMARTS) is 2. The molecular weight excluding hydrogens is 410 g/mol. The first-order chi connectivity index (χ1) is 14.1. The highest BCUT2D eigenvalue weighted by Gasteiger charge is 2.31. The molecule has 2 aliphatic carbocycles. The number of hydrogen-bond acceptors (Lipinski definition) is 6. The molecule has 0 aromatic carbocycles. The van der Waals surface area contributed by atoms with E-state index in [4.69, 9.17) is 15.0 Å². The zero-order valence-corrected chi connectivity index (χ0v) is 17.9. The summed E-state index contributed by atoms with van der Waals surface area (Å²) in [5.74, 6) is -0.960. The van der Waals surface area contributed by atoms with Gasteiger partial charge in [0, 0.05) is 16.6 Å². The van der Waals surface area contributed by atoms with Gasteiger partial charge in [0.2, 0.25) is 5.88 Å². The third-order valence-electron chi connectivity index (χ3n) is 5.68. The fourth-order valence-corrected chi connectivity index (χ4v) is 5.57. The second-order valence-corrected chi connectivity index (χ2v) is 9.70. The molecule has 2 aromatic rings. The Kier molecular flexibility index (Phi) is 6.35.